The van der Waals surface area contributed by atoms with Crippen LogP contribution in [0.15, 0.2) is 79.1 Å². The molecule has 4 rings (SSSR count). The molecule has 0 aliphatic carbocycles. The Morgan fingerprint density at radius 3 is 2.46 bits per heavy atom. The van der Waals surface area contributed by atoms with Crippen molar-refractivity contribution in [3.63, 3.8) is 0 Å². The highest BCUT2D eigenvalue weighted by Gasteiger charge is 2.22. The maximum atomic E-state index is 13.1. The summed E-state index contributed by atoms with van der Waals surface area (Å²) in [5.41, 5.74) is 1.79. The van der Waals surface area contributed by atoms with E-state index >= 15 is 0 Å². The molecule has 0 aliphatic rings. The number of carboxylic acid groups (broad SMARTS) is 1. The molecule has 1 unspecified atom stereocenters. The van der Waals surface area contributed by atoms with Gasteiger partial charge in [0.05, 0.1) is 5.56 Å². The minimum absolute atomic E-state index is 0.0892. The number of carbonyl (C=O) groups is 3. The fraction of sp³-hybridized carbons (Fsp3) is 0.120. The van der Waals surface area contributed by atoms with Crippen LogP contribution in [0, 0.1) is 0 Å². The lowest BCUT2D eigenvalue weighted by molar-refractivity contribution is -0.127. The fourth-order valence-corrected chi connectivity index (χ4v) is 3.59. The largest absolute Gasteiger partial charge is 0.481 e. The maximum absolute atomic E-state index is 13.1. The molecule has 0 radical (unpaired) electrons. The van der Waals surface area contributed by atoms with Crippen LogP contribution in [0.5, 0.6) is 5.75 Å². The lowest BCUT2D eigenvalue weighted by Gasteiger charge is -2.19. The number of amides is 2. The molecule has 3 N–H and O–H groups in total. The monoisotopic (exact) mass is 520 g/mol. The van der Waals surface area contributed by atoms with Gasteiger partial charge >= 0.3 is 5.97 Å². The Bertz CT molecular complexity index is 1380. The van der Waals surface area contributed by atoms with Crippen molar-refractivity contribution in [1.29, 1.82) is 0 Å². The first-order chi connectivity index (χ1) is 17.9. The van der Waals surface area contributed by atoms with E-state index in [1.807, 2.05) is 30.3 Å². The van der Waals surface area contributed by atoms with E-state index in [4.69, 9.17) is 21.4 Å². The normalized spacial score (nSPS) is 11.4. The first-order valence-corrected chi connectivity index (χ1v) is 11.4. The Labute approximate surface area is 216 Å². The fourth-order valence-electron chi connectivity index (χ4n) is 3.43. The topological polar surface area (TPSA) is 148 Å². The lowest BCUT2D eigenvalue weighted by atomic mass is 10.0. The number of aromatic nitrogens is 4. The number of carbonyl (C=O) groups excluding carboxylic acids is 2. The SMILES string of the molecule is O=C(COc1cc(Cl)ccc1-n1cnnn1)NC(Cc1ccccc1)C(=O)Nc1ccc(C(=O)O)cc1. The molecule has 0 spiro atoms. The van der Waals surface area contributed by atoms with Crippen molar-refractivity contribution in [2.75, 3.05) is 11.9 Å². The molecular formula is C25H21ClN6O5. The zero-order valence-corrected chi connectivity index (χ0v) is 20.0. The molecule has 37 heavy (non-hydrogen) atoms. The number of halogens is 1. The van der Waals surface area contributed by atoms with Gasteiger partial charge in [0, 0.05) is 23.2 Å². The highest BCUT2D eigenvalue weighted by molar-refractivity contribution is 6.30. The molecular weight excluding hydrogens is 500 g/mol. The van der Waals surface area contributed by atoms with Gasteiger partial charge in [-0.1, -0.05) is 41.9 Å². The molecule has 1 atom stereocenters. The number of nitrogens with zero attached hydrogens (tertiary/aromatic N) is 4. The predicted molar refractivity (Wildman–Crippen MR) is 134 cm³/mol. The number of aromatic carboxylic acids is 1. The van der Waals surface area contributed by atoms with Gasteiger partial charge in [-0.05, 0) is 52.4 Å². The highest BCUT2D eigenvalue weighted by Crippen LogP contribution is 2.26. The highest BCUT2D eigenvalue weighted by atomic mass is 35.5. The second-order valence-corrected chi connectivity index (χ2v) is 8.27. The van der Waals surface area contributed by atoms with Crippen LogP contribution in [0.3, 0.4) is 0 Å². The van der Waals surface area contributed by atoms with Crippen molar-refractivity contribution >= 4 is 35.1 Å². The molecule has 188 valence electrons. The van der Waals surface area contributed by atoms with Crippen molar-refractivity contribution < 1.29 is 24.2 Å². The molecule has 1 aromatic heterocycles. The quantitative estimate of drug-likeness (QED) is 0.289. The summed E-state index contributed by atoms with van der Waals surface area (Å²) in [6, 6.07) is 18.8. The summed E-state index contributed by atoms with van der Waals surface area (Å²) >= 11 is 6.09. The van der Waals surface area contributed by atoms with E-state index in [9.17, 15) is 14.4 Å². The molecule has 0 saturated carbocycles. The zero-order valence-electron chi connectivity index (χ0n) is 19.2. The third kappa shape index (κ3) is 6.89. The second kappa shape index (κ2) is 11.8. The van der Waals surface area contributed by atoms with Gasteiger partial charge in [-0.3, -0.25) is 9.59 Å². The number of tetrazole rings is 1. The van der Waals surface area contributed by atoms with Crippen LogP contribution in [-0.4, -0.2) is 55.7 Å². The molecule has 3 aromatic carbocycles. The van der Waals surface area contributed by atoms with E-state index in [1.54, 1.807) is 12.1 Å². The Morgan fingerprint density at radius 2 is 1.78 bits per heavy atom. The number of hydrogen-bond donors (Lipinski definition) is 3. The van der Waals surface area contributed by atoms with Crippen LogP contribution in [0.4, 0.5) is 5.69 Å². The summed E-state index contributed by atoms with van der Waals surface area (Å²) in [5.74, 6) is -1.81. The maximum Gasteiger partial charge on any atom is 0.335 e. The Hall–Kier alpha value is -4.77. The van der Waals surface area contributed by atoms with Crippen LogP contribution in [0.1, 0.15) is 15.9 Å². The summed E-state index contributed by atoms with van der Waals surface area (Å²) in [4.78, 5) is 37.0. The molecule has 0 saturated heterocycles. The third-order valence-electron chi connectivity index (χ3n) is 5.21. The van der Waals surface area contributed by atoms with Crippen molar-refractivity contribution in [3.8, 4) is 11.4 Å². The Balaban J connectivity index is 1.46. The van der Waals surface area contributed by atoms with Gasteiger partial charge in [-0.2, -0.15) is 4.68 Å². The van der Waals surface area contributed by atoms with Crippen LogP contribution in [-0.2, 0) is 16.0 Å². The van der Waals surface area contributed by atoms with Gasteiger partial charge in [-0.15, -0.1) is 5.10 Å². The Morgan fingerprint density at radius 1 is 1.03 bits per heavy atom. The summed E-state index contributed by atoms with van der Waals surface area (Å²) in [6.07, 6.45) is 1.60. The minimum atomic E-state index is -1.07. The summed E-state index contributed by atoms with van der Waals surface area (Å²) < 4.78 is 7.05. The molecule has 0 aliphatic heterocycles. The first kappa shape index (κ1) is 25.3. The van der Waals surface area contributed by atoms with E-state index in [2.05, 4.69) is 26.2 Å². The average Bonchev–Trinajstić information content (AvgIpc) is 3.43. The van der Waals surface area contributed by atoms with Crippen molar-refractivity contribution in [1.82, 2.24) is 25.5 Å². The lowest BCUT2D eigenvalue weighted by Crippen LogP contribution is -2.46. The van der Waals surface area contributed by atoms with Gasteiger partial charge in [0.25, 0.3) is 5.91 Å². The van der Waals surface area contributed by atoms with Crippen LogP contribution in [0.2, 0.25) is 5.02 Å². The number of carboxylic acids is 1. The van der Waals surface area contributed by atoms with Gasteiger partial charge in [-0.25, -0.2) is 4.79 Å². The van der Waals surface area contributed by atoms with E-state index in [0.717, 1.165) is 5.56 Å². The standard InChI is InChI=1S/C25H21ClN6O5/c26-18-8-11-21(32-15-27-30-31-32)22(13-18)37-14-23(33)29-20(12-16-4-2-1-3-5-16)24(34)28-19-9-6-17(7-10-19)25(35)36/h1-11,13,15,20H,12,14H2,(H,28,34)(H,29,33)(H,35,36). The Kier molecular flexibility index (Phi) is 8.06. The minimum Gasteiger partial charge on any atom is -0.481 e. The average molecular weight is 521 g/mol. The summed E-state index contributed by atoms with van der Waals surface area (Å²) in [7, 11) is 0. The number of anilines is 1. The van der Waals surface area contributed by atoms with Crippen molar-refractivity contribution in [3.05, 3.63) is 95.3 Å². The molecule has 0 fully saturated rings. The smallest absolute Gasteiger partial charge is 0.335 e. The van der Waals surface area contributed by atoms with E-state index in [0.29, 0.717) is 16.4 Å². The van der Waals surface area contributed by atoms with Gasteiger partial charge < -0.3 is 20.5 Å². The van der Waals surface area contributed by atoms with E-state index < -0.39 is 30.4 Å². The van der Waals surface area contributed by atoms with Crippen LogP contribution in [0.25, 0.3) is 5.69 Å². The number of benzene rings is 3. The van der Waals surface area contributed by atoms with Gasteiger partial charge in [0.15, 0.2) is 6.61 Å². The number of hydrogen-bond acceptors (Lipinski definition) is 7. The molecule has 4 aromatic rings. The van der Waals surface area contributed by atoms with Gasteiger partial charge in [0.2, 0.25) is 5.91 Å². The van der Waals surface area contributed by atoms with Gasteiger partial charge in [0.1, 0.15) is 23.8 Å². The summed E-state index contributed by atoms with van der Waals surface area (Å²) in [5, 5.41) is 25.9. The van der Waals surface area contributed by atoms with Crippen LogP contribution < -0.4 is 15.4 Å². The second-order valence-electron chi connectivity index (χ2n) is 7.84. The molecule has 11 nitrogen and oxygen atoms in total. The van der Waals surface area contributed by atoms with Crippen LogP contribution >= 0.6 is 11.6 Å². The van der Waals surface area contributed by atoms with E-state index in [-0.39, 0.29) is 17.7 Å². The molecule has 2 amide bonds. The van der Waals surface area contributed by atoms with Crippen molar-refractivity contribution in [2.24, 2.45) is 0 Å². The molecule has 0 bridgehead atoms. The number of ether oxygens (including phenoxy) is 1. The summed E-state index contributed by atoms with van der Waals surface area (Å²) in [6.45, 7) is -0.401. The zero-order chi connectivity index (χ0) is 26.2. The number of rotatable bonds is 10. The predicted octanol–water partition coefficient (Wildman–Crippen LogP) is 2.76. The number of nitrogens with one attached hydrogen (secondary N) is 2. The molecule has 1 heterocycles. The van der Waals surface area contributed by atoms with Crippen molar-refractivity contribution in [2.45, 2.75) is 12.5 Å². The third-order valence-corrected chi connectivity index (χ3v) is 5.45. The first-order valence-electron chi connectivity index (χ1n) is 11.0. The molecule has 12 heteroatoms. The van der Waals surface area contributed by atoms with E-state index in [1.165, 1.54) is 41.3 Å².